The van der Waals surface area contributed by atoms with E-state index in [1.807, 2.05) is 0 Å². The van der Waals surface area contributed by atoms with Gasteiger partial charge in [0.1, 0.15) is 5.78 Å². The fourth-order valence-electron chi connectivity index (χ4n) is 1.67. The minimum absolute atomic E-state index is 0.407. The van der Waals surface area contributed by atoms with Gasteiger partial charge in [0, 0.05) is 31.3 Å². The van der Waals surface area contributed by atoms with Crippen LogP contribution in [0.1, 0.15) is 18.4 Å². The maximum atomic E-state index is 11.0. The molecule has 0 saturated carbocycles. The highest BCUT2D eigenvalue weighted by molar-refractivity contribution is 7.08. The molecule has 0 N–H and O–H groups in total. The summed E-state index contributed by atoms with van der Waals surface area (Å²) in [6, 6.07) is 0. The Morgan fingerprint density at radius 2 is 2.00 bits per heavy atom. The normalized spacial score (nSPS) is 17.9. The first-order chi connectivity index (χ1) is 6.27. The van der Waals surface area contributed by atoms with Crippen LogP contribution in [0.4, 0.5) is 5.69 Å². The van der Waals surface area contributed by atoms with E-state index in [0.717, 1.165) is 25.9 Å². The zero-order valence-corrected chi connectivity index (χ0v) is 8.56. The van der Waals surface area contributed by atoms with Gasteiger partial charge in [-0.05, 0) is 17.9 Å². The van der Waals surface area contributed by atoms with Crippen molar-refractivity contribution in [3.8, 4) is 0 Å². The topological polar surface area (TPSA) is 20.3 Å². The molecule has 2 rings (SSSR count). The minimum Gasteiger partial charge on any atom is -0.370 e. The largest absolute Gasteiger partial charge is 0.370 e. The highest BCUT2D eigenvalue weighted by atomic mass is 32.1. The molecule has 0 bridgehead atoms. The number of hydrogen-bond donors (Lipinski definition) is 0. The molecule has 13 heavy (non-hydrogen) atoms. The van der Waals surface area contributed by atoms with Gasteiger partial charge in [0.2, 0.25) is 0 Å². The molecule has 1 aromatic heterocycles. The molecule has 0 unspecified atom stereocenters. The molecule has 70 valence electrons. The van der Waals surface area contributed by atoms with E-state index in [1.165, 1.54) is 11.3 Å². The van der Waals surface area contributed by atoms with Crippen molar-refractivity contribution in [2.45, 2.75) is 19.8 Å². The first-order valence-corrected chi connectivity index (χ1v) is 5.51. The first kappa shape index (κ1) is 8.75. The van der Waals surface area contributed by atoms with Crippen molar-refractivity contribution in [1.82, 2.24) is 0 Å². The number of anilines is 1. The lowest BCUT2D eigenvalue weighted by atomic mass is 10.1. The lowest BCUT2D eigenvalue weighted by Crippen LogP contribution is -2.33. The van der Waals surface area contributed by atoms with E-state index in [9.17, 15) is 4.79 Å². The predicted octanol–water partition coefficient (Wildman–Crippen LogP) is 2.23. The summed E-state index contributed by atoms with van der Waals surface area (Å²) in [5.74, 6) is 0.407. The van der Waals surface area contributed by atoms with E-state index >= 15 is 0 Å². The van der Waals surface area contributed by atoms with Crippen molar-refractivity contribution in [2.75, 3.05) is 18.0 Å². The molecule has 0 radical (unpaired) electrons. The van der Waals surface area contributed by atoms with Gasteiger partial charge in [-0.3, -0.25) is 4.79 Å². The highest BCUT2D eigenvalue weighted by Crippen LogP contribution is 2.26. The van der Waals surface area contributed by atoms with Crippen molar-refractivity contribution < 1.29 is 4.79 Å². The Labute approximate surface area is 82.2 Å². The molecule has 0 aliphatic carbocycles. The molecule has 2 nitrogen and oxygen atoms in total. The van der Waals surface area contributed by atoms with Crippen LogP contribution >= 0.6 is 11.3 Å². The van der Waals surface area contributed by atoms with Crippen LogP contribution in [-0.4, -0.2) is 18.9 Å². The fraction of sp³-hybridized carbons (Fsp3) is 0.500. The van der Waals surface area contributed by atoms with Crippen molar-refractivity contribution in [2.24, 2.45) is 0 Å². The summed E-state index contributed by atoms with van der Waals surface area (Å²) < 4.78 is 0. The summed E-state index contributed by atoms with van der Waals surface area (Å²) in [6.45, 7) is 3.93. The monoisotopic (exact) mass is 195 g/mol. The molecule has 1 fully saturated rings. The van der Waals surface area contributed by atoms with Gasteiger partial charge in [0.25, 0.3) is 0 Å². The minimum atomic E-state index is 0.407. The van der Waals surface area contributed by atoms with Crippen LogP contribution in [0.3, 0.4) is 0 Å². The summed E-state index contributed by atoms with van der Waals surface area (Å²) in [5.41, 5.74) is 2.65. The van der Waals surface area contributed by atoms with Crippen molar-refractivity contribution in [3.05, 3.63) is 16.3 Å². The SMILES string of the molecule is Cc1cscc1N1CCC(=O)CC1. The smallest absolute Gasteiger partial charge is 0.136 e. The van der Waals surface area contributed by atoms with Crippen LogP contribution in [-0.2, 0) is 4.79 Å². The van der Waals surface area contributed by atoms with Crippen LogP contribution in [0.5, 0.6) is 0 Å². The average molecular weight is 195 g/mol. The van der Waals surface area contributed by atoms with E-state index in [4.69, 9.17) is 0 Å². The second-order valence-electron chi connectivity index (χ2n) is 3.47. The number of hydrogen-bond acceptors (Lipinski definition) is 3. The summed E-state index contributed by atoms with van der Waals surface area (Å²) in [4.78, 5) is 13.4. The third kappa shape index (κ3) is 1.75. The number of carbonyl (C=O) groups excluding carboxylic acids is 1. The number of piperidine rings is 1. The van der Waals surface area contributed by atoms with Crippen LogP contribution in [0.25, 0.3) is 0 Å². The molecule has 2 heterocycles. The lowest BCUT2D eigenvalue weighted by molar-refractivity contribution is -0.119. The van der Waals surface area contributed by atoms with E-state index in [2.05, 4.69) is 22.6 Å². The highest BCUT2D eigenvalue weighted by Gasteiger charge is 2.17. The molecule has 1 saturated heterocycles. The van der Waals surface area contributed by atoms with Gasteiger partial charge < -0.3 is 4.90 Å². The quantitative estimate of drug-likeness (QED) is 0.685. The molecule has 3 heteroatoms. The van der Waals surface area contributed by atoms with Gasteiger partial charge in [-0.2, -0.15) is 0 Å². The van der Waals surface area contributed by atoms with E-state index in [-0.39, 0.29) is 0 Å². The number of carbonyl (C=O) groups is 1. The molecule has 1 aliphatic heterocycles. The molecule has 0 amide bonds. The molecule has 0 aromatic carbocycles. The third-order valence-electron chi connectivity index (χ3n) is 2.49. The Morgan fingerprint density at radius 1 is 1.31 bits per heavy atom. The summed E-state index contributed by atoms with van der Waals surface area (Å²) in [6.07, 6.45) is 1.44. The Bertz CT molecular complexity index is 308. The van der Waals surface area contributed by atoms with Crippen molar-refractivity contribution >= 4 is 22.8 Å². The Hall–Kier alpha value is -0.830. The Morgan fingerprint density at radius 3 is 2.54 bits per heavy atom. The molecule has 1 aliphatic rings. The second kappa shape index (κ2) is 3.50. The predicted molar refractivity (Wildman–Crippen MR) is 55.5 cm³/mol. The van der Waals surface area contributed by atoms with Gasteiger partial charge in [-0.1, -0.05) is 0 Å². The Kier molecular flexibility index (Phi) is 2.36. The molecule has 0 atom stereocenters. The van der Waals surface area contributed by atoms with Gasteiger partial charge in [-0.25, -0.2) is 0 Å². The zero-order chi connectivity index (χ0) is 9.26. The molecule has 0 spiro atoms. The summed E-state index contributed by atoms with van der Waals surface area (Å²) in [7, 11) is 0. The zero-order valence-electron chi connectivity index (χ0n) is 7.75. The van der Waals surface area contributed by atoms with Crippen molar-refractivity contribution in [3.63, 3.8) is 0 Å². The van der Waals surface area contributed by atoms with Gasteiger partial charge >= 0.3 is 0 Å². The Balaban J connectivity index is 2.10. The molecule has 1 aromatic rings. The third-order valence-corrected chi connectivity index (χ3v) is 3.34. The lowest BCUT2D eigenvalue weighted by Gasteiger charge is -2.27. The van der Waals surface area contributed by atoms with Crippen LogP contribution in [0, 0.1) is 6.92 Å². The summed E-state index contributed by atoms with van der Waals surface area (Å²) in [5, 5.41) is 4.33. The number of Topliss-reactive ketones (excluding diaryl/α,β-unsaturated/α-hetero) is 1. The van der Waals surface area contributed by atoms with Crippen LogP contribution in [0.2, 0.25) is 0 Å². The number of aryl methyl sites for hydroxylation is 1. The van der Waals surface area contributed by atoms with E-state index in [1.54, 1.807) is 11.3 Å². The second-order valence-corrected chi connectivity index (χ2v) is 4.21. The van der Waals surface area contributed by atoms with Crippen LogP contribution < -0.4 is 4.90 Å². The standard InChI is InChI=1S/C10H13NOS/c1-8-6-13-7-10(8)11-4-2-9(12)3-5-11/h6-7H,2-5H2,1H3. The van der Waals surface area contributed by atoms with E-state index in [0.29, 0.717) is 5.78 Å². The van der Waals surface area contributed by atoms with Gasteiger partial charge in [-0.15, -0.1) is 11.3 Å². The van der Waals surface area contributed by atoms with Crippen LogP contribution in [0.15, 0.2) is 10.8 Å². The maximum absolute atomic E-state index is 11.0. The fourth-order valence-corrected chi connectivity index (χ4v) is 2.53. The number of thiophene rings is 1. The van der Waals surface area contributed by atoms with Gasteiger partial charge in [0.05, 0.1) is 5.69 Å². The molecular formula is C10H13NOS. The molecular weight excluding hydrogens is 182 g/mol. The number of ketones is 1. The van der Waals surface area contributed by atoms with Gasteiger partial charge in [0.15, 0.2) is 0 Å². The maximum Gasteiger partial charge on any atom is 0.136 e. The first-order valence-electron chi connectivity index (χ1n) is 4.57. The average Bonchev–Trinajstić information content (AvgIpc) is 2.53. The number of rotatable bonds is 1. The number of nitrogens with zero attached hydrogens (tertiary/aromatic N) is 1. The van der Waals surface area contributed by atoms with E-state index < -0.39 is 0 Å². The summed E-state index contributed by atoms with van der Waals surface area (Å²) >= 11 is 1.73. The van der Waals surface area contributed by atoms with Crippen molar-refractivity contribution in [1.29, 1.82) is 0 Å².